The van der Waals surface area contributed by atoms with Crippen molar-refractivity contribution in [3.8, 4) is 0 Å². The minimum Gasteiger partial charge on any atom is -0.481 e. The van der Waals surface area contributed by atoms with E-state index in [1.807, 2.05) is 6.07 Å². The molecule has 0 aliphatic rings. The molecule has 0 heterocycles. The van der Waals surface area contributed by atoms with Crippen LogP contribution in [-0.2, 0) is 20.6 Å². The van der Waals surface area contributed by atoms with Gasteiger partial charge in [0.15, 0.2) is 0 Å². The molecule has 7 heteroatoms. The molecular formula is C15H21O6P. The standard InChI is InChI=1S/C15H21O6P/c16-14(17)8-4-5-9-22(20,21)11-13(15(18)19)10-12-6-2-1-3-7-12/h1-3,6-7,13H,4-5,8-11H2,(H,16,17)(H,18,19)(H,20,21). The lowest BCUT2D eigenvalue weighted by Gasteiger charge is -2.17. The Labute approximate surface area is 129 Å². The quantitative estimate of drug-likeness (QED) is 0.449. The van der Waals surface area contributed by atoms with E-state index in [4.69, 9.17) is 5.11 Å². The molecule has 0 saturated heterocycles. The van der Waals surface area contributed by atoms with Crippen molar-refractivity contribution < 1.29 is 29.3 Å². The van der Waals surface area contributed by atoms with Gasteiger partial charge < -0.3 is 15.1 Å². The summed E-state index contributed by atoms with van der Waals surface area (Å²) in [4.78, 5) is 31.6. The van der Waals surface area contributed by atoms with E-state index in [-0.39, 0.29) is 25.2 Å². The van der Waals surface area contributed by atoms with Crippen LogP contribution in [0.25, 0.3) is 0 Å². The number of rotatable bonds is 10. The number of carboxylic acid groups (broad SMARTS) is 2. The number of benzene rings is 1. The summed E-state index contributed by atoms with van der Waals surface area (Å²) < 4.78 is 12.1. The molecule has 6 nitrogen and oxygen atoms in total. The highest BCUT2D eigenvalue weighted by molar-refractivity contribution is 7.58. The highest BCUT2D eigenvalue weighted by Gasteiger charge is 2.28. The van der Waals surface area contributed by atoms with Crippen molar-refractivity contribution in [2.24, 2.45) is 5.92 Å². The van der Waals surface area contributed by atoms with Gasteiger partial charge >= 0.3 is 11.9 Å². The van der Waals surface area contributed by atoms with Crippen LogP contribution in [0.1, 0.15) is 24.8 Å². The lowest BCUT2D eigenvalue weighted by Crippen LogP contribution is -2.21. The van der Waals surface area contributed by atoms with Gasteiger partial charge in [0, 0.05) is 18.7 Å². The van der Waals surface area contributed by atoms with Crippen LogP contribution in [0.5, 0.6) is 0 Å². The lowest BCUT2D eigenvalue weighted by atomic mass is 10.0. The van der Waals surface area contributed by atoms with Gasteiger partial charge in [-0.2, -0.15) is 0 Å². The number of carboxylic acids is 2. The Morgan fingerprint density at radius 1 is 1.09 bits per heavy atom. The third-order valence-electron chi connectivity index (χ3n) is 3.33. The molecule has 0 saturated carbocycles. The van der Waals surface area contributed by atoms with Gasteiger partial charge in [0.25, 0.3) is 0 Å². The SMILES string of the molecule is O=C(O)CCCCP(=O)(O)CC(Cc1ccccc1)C(=O)O. The minimum atomic E-state index is -3.57. The van der Waals surface area contributed by atoms with Crippen LogP contribution in [0.15, 0.2) is 30.3 Å². The first-order valence-corrected chi connectivity index (χ1v) is 9.12. The van der Waals surface area contributed by atoms with Crippen molar-refractivity contribution in [3.63, 3.8) is 0 Å². The molecule has 0 aliphatic heterocycles. The van der Waals surface area contributed by atoms with E-state index in [1.54, 1.807) is 24.3 Å². The molecule has 1 rings (SSSR count). The van der Waals surface area contributed by atoms with E-state index in [2.05, 4.69) is 0 Å². The van der Waals surface area contributed by atoms with E-state index < -0.39 is 25.2 Å². The van der Waals surface area contributed by atoms with Crippen molar-refractivity contribution in [2.75, 3.05) is 12.3 Å². The van der Waals surface area contributed by atoms with Crippen LogP contribution in [-0.4, -0.2) is 39.4 Å². The zero-order valence-corrected chi connectivity index (χ0v) is 13.1. The van der Waals surface area contributed by atoms with E-state index in [0.717, 1.165) is 5.56 Å². The van der Waals surface area contributed by atoms with Crippen LogP contribution in [0.4, 0.5) is 0 Å². The summed E-state index contributed by atoms with van der Waals surface area (Å²) in [6.45, 7) is 0. The number of hydrogen-bond acceptors (Lipinski definition) is 3. The zero-order chi connectivity index (χ0) is 16.6. The molecule has 122 valence electrons. The Bertz CT molecular complexity index is 542. The van der Waals surface area contributed by atoms with Crippen molar-refractivity contribution >= 4 is 19.3 Å². The normalized spacial score (nSPS) is 15.0. The van der Waals surface area contributed by atoms with Gasteiger partial charge in [-0.1, -0.05) is 30.3 Å². The first-order chi connectivity index (χ1) is 10.3. The molecule has 0 fully saturated rings. The monoisotopic (exact) mass is 328 g/mol. The van der Waals surface area contributed by atoms with E-state index in [0.29, 0.717) is 12.8 Å². The van der Waals surface area contributed by atoms with Gasteiger partial charge in [-0.3, -0.25) is 14.2 Å². The second-order valence-corrected chi connectivity index (χ2v) is 7.83. The molecular weight excluding hydrogens is 307 g/mol. The van der Waals surface area contributed by atoms with Crippen LogP contribution in [0, 0.1) is 5.92 Å². The van der Waals surface area contributed by atoms with Gasteiger partial charge in [0.1, 0.15) is 0 Å². The Morgan fingerprint density at radius 3 is 2.27 bits per heavy atom. The van der Waals surface area contributed by atoms with E-state index in [1.165, 1.54) is 0 Å². The number of carbonyl (C=O) groups is 2. The number of hydrogen-bond donors (Lipinski definition) is 3. The third kappa shape index (κ3) is 7.38. The smallest absolute Gasteiger partial charge is 0.307 e. The largest absolute Gasteiger partial charge is 0.481 e. The summed E-state index contributed by atoms with van der Waals surface area (Å²) in [7, 11) is -3.57. The average molecular weight is 328 g/mol. The predicted molar refractivity (Wildman–Crippen MR) is 82.3 cm³/mol. The van der Waals surface area contributed by atoms with E-state index >= 15 is 0 Å². The molecule has 0 spiro atoms. The summed E-state index contributed by atoms with van der Waals surface area (Å²) in [5.41, 5.74) is 0.806. The molecule has 0 radical (unpaired) electrons. The average Bonchev–Trinajstić information content (AvgIpc) is 2.43. The fourth-order valence-corrected chi connectivity index (χ4v) is 4.07. The van der Waals surface area contributed by atoms with Gasteiger partial charge in [0.2, 0.25) is 7.37 Å². The first kappa shape index (κ1) is 18.4. The molecule has 0 bridgehead atoms. The minimum absolute atomic E-state index is 0.0428. The van der Waals surface area contributed by atoms with Crippen molar-refractivity contribution in [1.29, 1.82) is 0 Å². The summed E-state index contributed by atoms with van der Waals surface area (Å²) in [6.07, 6.45) is 0.444. The van der Waals surface area contributed by atoms with Crippen molar-refractivity contribution in [3.05, 3.63) is 35.9 Å². The molecule has 2 atom stereocenters. The predicted octanol–water partition coefficient (Wildman–Crippen LogP) is 2.46. The summed E-state index contributed by atoms with van der Waals surface area (Å²) in [5, 5.41) is 17.7. The molecule has 2 unspecified atom stereocenters. The Balaban J connectivity index is 2.56. The van der Waals surface area contributed by atoms with Crippen LogP contribution in [0.3, 0.4) is 0 Å². The Kier molecular flexibility index (Phi) is 7.28. The molecule has 3 N–H and O–H groups in total. The second kappa shape index (κ2) is 8.71. The maximum Gasteiger partial charge on any atom is 0.307 e. The van der Waals surface area contributed by atoms with Crippen LogP contribution in [0.2, 0.25) is 0 Å². The first-order valence-electron chi connectivity index (χ1n) is 7.09. The van der Waals surface area contributed by atoms with E-state index in [9.17, 15) is 24.2 Å². The second-order valence-electron chi connectivity index (χ2n) is 5.33. The molecule has 0 amide bonds. The lowest BCUT2D eigenvalue weighted by molar-refractivity contribution is -0.141. The number of aliphatic carboxylic acids is 2. The van der Waals surface area contributed by atoms with Gasteiger partial charge in [-0.15, -0.1) is 0 Å². The fourth-order valence-electron chi connectivity index (χ4n) is 2.20. The molecule has 1 aromatic rings. The topological polar surface area (TPSA) is 112 Å². The van der Waals surface area contributed by atoms with Gasteiger partial charge in [-0.05, 0) is 24.8 Å². The maximum absolute atomic E-state index is 12.1. The zero-order valence-electron chi connectivity index (χ0n) is 12.2. The Hall–Kier alpha value is -1.65. The molecule has 22 heavy (non-hydrogen) atoms. The van der Waals surface area contributed by atoms with Gasteiger partial charge in [0.05, 0.1) is 5.92 Å². The maximum atomic E-state index is 12.1. The summed E-state index contributed by atoms with van der Waals surface area (Å²) >= 11 is 0. The Morgan fingerprint density at radius 2 is 1.73 bits per heavy atom. The highest BCUT2D eigenvalue weighted by Crippen LogP contribution is 2.44. The highest BCUT2D eigenvalue weighted by atomic mass is 31.2. The molecule has 1 aromatic carbocycles. The summed E-state index contributed by atoms with van der Waals surface area (Å²) in [6, 6.07) is 8.96. The van der Waals surface area contributed by atoms with Crippen LogP contribution >= 0.6 is 7.37 Å². The summed E-state index contributed by atoms with van der Waals surface area (Å²) in [5.74, 6) is -2.96. The fraction of sp³-hybridized carbons (Fsp3) is 0.467. The van der Waals surface area contributed by atoms with Crippen molar-refractivity contribution in [2.45, 2.75) is 25.7 Å². The van der Waals surface area contributed by atoms with Crippen molar-refractivity contribution in [1.82, 2.24) is 0 Å². The van der Waals surface area contributed by atoms with Crippen LogP contribution < -0.4 is 0 Å². The molecule has 0 aromatic heterocycles. The number of unbranched alkanes of at least 4 members (excludes halogenated alkanes) is 1. The van der Waals surface area contributed by atoms with Gasteiger partial charge in [-0.25, -0.2) is 0 Å². The third-order valence-corrected chi connectivity index (χ3v) is 5.35. The molecule has 0 aliphatic carbocycles.